The Morgan fingerprint density at radius 3 is 2.79 bits per heavy atom. The van der Waals surface area contributed by atoms with E-state index < -0.39 is 11.4 Å². The van der Waals surface area contributed by atoms with Crippen molar-refractivity contribution >= 4 is 24.2 Å². The van der Waals surface area contributed by atoms with E-state index in [2.05, 4.69) is 5.32 Å². The van der Waals surface area contributed by atoms with Gasteiger partial charge in [-0.1, -0.05) is 25.0 Å². The first-order valence-electron chi connectivity index (χ1n) is 7.95. The van der Waals surface area contributed by atoms with Crippen molar-refractivity contribution in [3.8, 4) is 5.75 Å². The molecule has 1 saturated carbocycles. The molecule has 0 bridgehead atoms. The van der Waals surface area contributed by atoms with Crippen LogP contribution in [-0.2, 0) is 16.1 Å². The average Bonchev–Trinajstić information content (AvgIpc) is 2.50. The summed E-state index contributed by atoms with van der Waals surface area (Å²) in [5.41, 5.74) is 11.8. The molecule has 2 unspecified atom stereocenters. The van der Waals surface area contributed by atoms with Crippen LogP contribution in [0.1, 0.15) is 38.2 Å². The van der Waals surface area contributed by atoms with E-state index in [4.69, 9.17) is 16.2 Å². The Hall–Kier alpha value is -1.79. The molecule has 2 rings (SSSR count). The highest BCUT2D eigenvalue weighted by Crippen LogP contribution is 2.31. The van der Waals surface area contributed by atoms with E-state index in [9.17, 15) is 9.59 Å². The molecule has 6 nitrogen and oxygen atoms in total. The van der Waals surface area contributed by atoms with Gasteiger partial charge in [0.25, 0.3) is 5.91 Å². The quantitative estimate of drug-likeness (QED) is 0.718. The molecule has 5 N–H and O–H groups in total. The lowest BCUT2D eigenvalue weighted by molar-refractivity contribution is -0.128. The summed E-state index contributed by atoms with van der Waals surface area (Å²) in [7, 11) is 0. The lowest BCUT2D eigenvalue weighted by Crippen LogP contribution is -2.52. The summed E-state index contributed by atoms with van der Waals surface area (Å²) in [5.74, 6) is -0.121. The summed E-state index contributed by atoms with van der Waals surface area (Å²) in [5, 5.41) is 2.95. The number of ether oxygens (including phenoxy) is 1. The van der Waals surface area contributed by atoms with Gasteiger partial charge in [-0.05, 0) is 37.5 Å². The number of rotatable bonds is 6. The van der Waals surface area contributed by atoms with Crippen LogP contribution in [0.2, 0.25) is 0 Å². The maximum atomic E-state index is 12.4. The lowest BCUT2D eigenvalue weighted by atomic mass is 9.74. The molecule has 1 aliphatic carbocycles. The molecule has 1 fully saturated rings. The zero-order valence-electron chi connectivity index (χ0n) is 13.9. The highest BCUT2D eigenvalue weighted by atomic mass is 35.5. The fourth-order valence-corrected chi connectivity index (χ4v) is 3.00. The average molecular weight is 356 g/mol. The van der Waals surface area contributed by atoms with E-state index in [0.29, 0.717) is 12.3 Å². The normalized spacial score (nSPS) is 23.0. The van der Waals surface area contributed by atoms with Crippen molar-refractivity contribution in [3.05, 3.63) is 29.8 Å². The molecule has 134 valence electrons. The van der Waals surface area contributed by atoms with Gasteiger partial charge in [0.05, 0.1) is 5.92 Å². The van der Waals surface area contributed by atoms with Gasteiger partial charge in [0.2, 0.25) is 5.91 Å². The number of benzene rings is 1. The van der Waals surface area contributed by atoms with Crippen molar-refractivity contribution in [2.45, 2.75) is 44.7 Å². The first kappa shape index (κ1) is 20.3. The predicted octanol–water partition coefficient (Wildman–Crippen LogP) is 1.50. The molecule has 0 radical (unpaired) electrons. The fourth-order valence-electron chi connectivity index (χ4n) is 3.00. The molecule has 1 aliphatic rings. The molecule has 0 aromatic heterocycles. The van der Waals surface area contributed by atoms with Crippen molar-refractivity contribution in [1.82, 2.24) is 5.32 Å². The topological polar surface area (TPSA) is 107 Å². The minimum Gasteiger partial charge on any atom is -0.484 e. The van der Waals surface area contributed by atoms with Gasteiger partial charge in [0, 0.05) is 12.1 Å². The van der Waals surface area contributed by atoms with Crippen LogP contribution in [0.3, 0.4) is 0 Å². The second-order valence-corrected chi connectivity index (χ2v) is 6.42. The van der Waals surface area contributed by atoms with Gasteiger partial charge < -0.3 is 21.5 Å². The number of carbonyl (C=O) groups is 2. The van der Waals surface area contributed by atoms with E-state index in [-0.39, 0.29) is 30.8 Å². The molecular weight excluding hydrogens is 330 g/mol. The van der Waals surface area contributed by atoms with Crippen LogP contribution in [-0.4, -0.2) is 24.0 Å². The second kappa shape index (κ2) is 8.89. The summed E-state index contributed by atoms with van der Waals surface area (Å²) in [4.78, 5) is 23.1. The SMILES string of the molecule is CC1(N)CCCCC1C(=O)NCc1cccc(OCC(N)=O)c1.Cl. The molecule has 24 heavy (non-hydrogen) atoms. The molecule has 2 amide bonds. The Labute approximate surface area is 148 Å². The number of hydrogen-bond acceptors (Lipinski definition) is 4. The minimum atomic E-state index is -0.525. The van der Waals surface area contributed by atoms with Gasteiger partial charge in [-0.25, -0.2) is 0 Å². The third kappa shape index (κ3) is 5.69. The van der Waals surface area contributed by atoms with Crippen molar-refractivity contribution in [2.24, 2.45) is 17.4 Å². The molecule has 1 aromatic carbocycles. The predicted molar refractivity (Wildman–Crippen MR) is 94.8 cm³/mol. The zero-order valence-corrected chi connectivity index (χ0v) is 14.7. The molecule has 0 spiro atoms. The number of hydrogen-bond donors (Lipinski definition) is 3. The number of halogens is 1. The number of primary amides is 1. The van der Waals surface area contributed by atoms with Crippen molar-refractivity contribution < 1.29 is 14.3 Å². The van der Waals surface area contributed by atoms with Crippen LogP contribution in [0, 0.1) is 5.92 Å². The van der Waals surface area contributed by atoms with Crippen LogP contribution in [0.4, 0.5) is 0 Å². The van der Waals surface area contributed by atoms with Gasteiger partial charge >= 0.3 is 0 Å². The van der Waals surface area contributed by atoms with Crippen LogP contribution < -0.4 is 21.5 Å². The maximum absolute atomic E-state index is 12.4. The van der Waals surface area contributed by atoms with E-state index >= 15 is 0 Å². The number of amides is 2. The smallest absolute Gasteiger partial charge is 0.255 e. The summed E-state index contributed by atoms with van der Waals surface area (Å²) >= 11 is 0. The molecule has 0 saturated heterocycles. The van der Waals surface area contributed by atoms with Gasteiger partial charge in [-0.3, -0.25) is 9.59 Å². The highest BCUT2D eigenvalue weighted by molar-refractivity contribution is 5.85. The molecule has 0 heterocycles. The van der Waals surface area contributed by atoms with Crippen LogP contribution in [0.15, 0.2) is 24.3 Å². The van der Waals surface area contributed by atoms with E-state index in [0.717, 1.165) is 31.2 Å². The first-order chi connectivity index (χ1) is 10.9. The molecule has 7 heteroatoms. The standard InChI is InChI=1S/C17H25N3O3.ClH/c1-17(19)8-3-2-7-14(17)16(22)20-10-12-5-4-6-13(9-12)23-11-15(18)21;/h4-6,9,14H,2-3,7-8,10-11,19H2,1H3,(H2,18,21)(H,20,22);1H. The Kier molecular flexibility index (Phi) is 7.51. The van der Waals surface area contributed by atoms with E-state index in [1.807, 2.05) is 19.1 Å². The molecule has 1 aromatic rings. The van der Waals surface area contributed by atoms with E-state index in [1.165, 1.54) is 0 Å². The molecular formula is C17H26ClN3O3. The summed E-state index contributed by atoms with van der Waals surface area (Å²) in [6.07, 6.45) is 3.83. The summed E-state index contributed by atoms with van der Waals surface area (Å²) < 4.78 is 5.26. The number of nitrogens with one attached hydrogen (secondary N) is 1. The van der Waals surface area contributed by atoms with Crippen LogP contribution >= 0.6 is 12.4 Å². The Morgan fingerprint density at radius 1 is 1.38 bits per heavy atom. The van der Waals surface area contributed by atoms with Gasteiger partial charge in [-0.2, -0.15) is 0 Å². The third-order valence-corrected chi connectivity index (χ3v) is 4.32. The van der Waals surface area contributed by atoms with Gasteiger partial charge in [0.15, 0.2) is 6.61 Å². The summed E-state index contributed by atoms with van der Waals surface area (Å²) in [6, 6.07) is 7.23. The maximum Gasteiger partial charge on any atom is 0.255 e. The Morgan fingerprint density at radius 2 is 2.12 bits per heavy atom. The van der Waals surface area contributed by atoms with Crippen molar-refractivity contribution in [2.75, 3.05) is 6.61 Å². The van der Waals surface area contributed by atoms with Gasteiger partial charge in [0.1, 0.15) is 5.75 Å². The minimum absolute atomic E-state index is 0. The number of nitrogens with two attached hydrogens (primary N) is 2. The van der Waals surface area contributed by atoms with Crippen molar-refractivity contribution in [1.29, 1.82) is 0 Å². The lowest BCUT2D eigenvalue weighted by Gasteiger charge is -2.37. The molecule has 2 atom stereocenters. The fraction of sp³-hybridized carbons (Fsp3) is 0.529. The van der Waals surface area contributed by atoms with Crippen molar-refractivity contribution in [3.63, 3.8) is 0 Å². The van der Waals surface area contributed by atoms with E-state index in [1.54, 1.807) is 12.1 Å². The monoisotopic (exact) mass is 355 g/mol. The van der Waals surface area contributed by atoms with Crippen LogP contribution in [0.5, 0.6) is 5.75 Å². The van der Waals surface area contributed by atoms with Gasteiger partial charge in [-0.15, -0.1) is 12.4 Å². The van der Waals surface area contributed by atoms with Crippen LogP contribution in [0.25, 0.3) is 0 Å². The number of carbonyl (C=O) groups excluding carboxylic acids is 2. The highest BCUT2D eigenvalue weighted by Gasteiger charge is 2.37. The second-order valence-electron chi connectivity index (χ2n) is 6.42. The summed E-state index contributed by atoms with van der Waals surface area (Å²) in [6.45, 7) is 2.19. The molecule has 0 aliphatic heterocycles. The Bertz CT molecular complexity index is 578. The zero-order chi connectivity index (χ0) is 16.9. The largest absolute Gasteiger partial charge is 0.484 e. The Balaban J connectivity index is 0.00000288. The first-order valence-corrected chi connectivity index (χ1v) is 7.95. The third-order valence-electron chi connectivity index (χ3n) is 4.32.